The Morgan fingerprint density at radius 3 is 2.68 bits per heavy atom. The predicted octanol–water partition coefficient (Wildman–Crippen LogP) is 0.139. The van der Waals surface area contributed by atoms with Crippen molar-refractivity contribution in [1.29, 1.82) is 0 Å². The van der Waals surface area contributed by atoms with Crippen LogP contribution in [0, 0.1) is 6.92 Å². The first-order chi connectivity index (χ1) is 8.99. The van der Waals surface area contributed by atoms with Gasteiger partial charge in [0.25, 0.3) is 5.56 Å². The van der Waals surface area contributed by atoms with Crippen molar-refractivity contribution in [2.24, 2.45) is 14.1 Å². The molecule has 0 saturated heterocycles. The summed E-state index contributed by atoms with van der Waals surface area (Å²) < 4.78 is 2.52. The second-order valence-electron chi connectivity index (χ2n) is 4.38. The molecule has 2 aromatic heterocycles. The van der Waals surface area contributed by atoms with Crippen LogP contribution in [0.4, 0.5) is 0 Å². The molecule has 0 unspecified atom stereocenters. The molecule has 0 bridgehead atoms. The molecule has 0 aliphatic carbocycles. The molecule has 2 heterocycles. The largest absolute Gasteiger partial charge is 0.330 e. The number of nitrogens with zero attached hydrogens (tertiary/aromatic N) is 3. The number of nitrogens with one attached hydrogen (secondary N) is 1. The van der Waals surface area contributed by atoms with Gasteiger partial charge in [-0.3, -0.25) is 9.36 Å². The molecule has 2 rings (SSSR count). The molecule has 1 N–H and O–H groups in total. The van der Waals surface area contributed by atoms with E-state index in [1.807, 2.05) is 13.1 Å². The van der Waals surface area contributed by atoms with Gasteiger partial charge < -0.3 is 9.88 Å². The summed E-state index contributed by atoms with van der Waals surface area (Å²) in [5, 5.41) is 4.15. The molecule has 0 aliphatic heterocycles. The number of aryl methyl sites for hydroxylation is 2. The summed E-state index contributed by atoms with van der Waals surface area (Å²) in [6, 6.07) is 0. The van der Waals surface area contributed by atoms with Gasteiger partial charge in [0.1, 0.15) is 5.01 Å². The monoisotopic (exact) mass is 280 g/mol. The van der Waals surface area contributed by atoms with Gasteiger partial charge in [0.2, 0.25) is 0 Å². The summed E-state index contributed by atoms with van der Waals surface area (Å²) in [5.74, 6) is 0. The van der Waals surface area contributed by atoms with Gasteiger partial charge in [-0.2, -0.15) is 0 Å². The zero-order valence-corrected chi connectivity index (χ0v) is 12.0. The van der Waals surface area contributed by atoms with Crippen molar-refractivity contribution in [3.63, 3.8) is 0 Å². The van der Waals surface area contributed by atoms with Crippen molar-refractivity contribution < 1.29 is 0 Å². The fourth-order valence-electron chi connectivity index (χ4n) is 1.79. The van der Waals surface area contributed by atoms with E-state index < -0.39 is 0 Å². The topological polar surface area (TPSA) is 68.9 Å². The Morgan fingerprint density at radius 1 is 1.32 bits per heavy atom. The van der Waals surface area contributed by atoms with E-state index in [2.05, 4.69) is 10.3 Å². The van der Waals surface area contributed by atoms with Gasteiger partial charge in [-0.05, 0) is 6.92 Å². The van der Waals surface area contributed by atoms with Crippen molar-refractivity contribution in [2.45, 2.75) is 20.0 Å². The molecule has 6 nitrogen and oxygen atoms in total. The Balaban J connectivity index is 2.08. The van der Waals surface area contributed by atoms with Crippen LogP contribution in [-0.2, 0) is 27.2 Å². The molecular formula is C12H16N4O2S. The average molecular weight is 280 g/mol. The molecule has 0 saturated carbocycles. The summed E-state index contributed by atoms with van der Waals surface area (Å²) in [5.41, 5.74) is -0.00639. The van der Waals surface area contributed by atoms with Gasteiger partial charge in [-0.15, -0.1) is 11.3 Å². The fraction of sp³-hybridized carbons (Fsp3) is 0.417. The van der Waals surface area contributed by atoms with E-state index in [9.17, 15) is 9.59 Å². The summed E-state index contributed by atoms with van der Waals surface area (Å²) in [7, 11) is 3.12. The third-order valence-electron chi connectivity index (χ3n) is 2.78. The van der Waals surface area contributed by atoms with Gasteiger partial charge in [-0.25, -0.2) is 9.78 Å². The minimum absolute atomic E-state index is 0.258. The van der Waals surface area contributed by atoms with Crippen molar-refractivity contribution >= 4 is 11.3 Å². The molecule has 102 valence electrons. The Morgan fingerprint density at radius 2 is 2.05 bits per heavy atom. The third-order valence-corrected chi connectivity index (χ3v) is 3.69. The van der Waals surface area contributed by atoms with Crippen molar-refractivity contribution in [3.05, 3.63) is 48.7 Å². The summed E-state index contributed by atoms with van der Waals surface area (Å²) in [6.45, 7) is 3.04. The van der Waals surface area contributed by atoms with Gasteiger partial charge in [0, 0.05) is 50.0 Å². The lowest BCUT2D eigenvalue weighted by Gasteiger charge is -2.07. The molecule has 2 aromatic rings. The Bertz CT molecular complexity index is 698. The highest BCUT2D eigenvalue weighted by molar-refractivity contribution is 7.11. The minimum atomic E-state index is -0.315. The van der Waals surface area contributed by atoms with E-state index in [0.29, 0.717) is 18.7 Å². The Hall–Kier alpha value is -1.73. The van der Waals surface area contributed by atoms with Crippen LogP contribution >= 0.6 is 11.3 Å². The van der Waals surface area contributed by atoms with Crippen molar-refractivity contribution in [3.8, 4) is 0 Å². The van der Waals surface area contributed by atoms with Gasteiger partial charge in [0.15, 0.2) is 0 Å². The van der Waals surface area contributed by atoms with Crippen LogP contribution in [0.3, 0.4) is 0 Å². The molecule has 7 heteroatoms. The van der Waals surface area contributed by atoms with Crippen LogP contribution in [-0.4, -0.2) is 14.1 Å². The molecule has 0 atom stereocenters. The van der Waals surface area contributed by atoms with E-state index in [1.165, 1.54) is 11.6 Å². The normalized spacial score (nSPS) is 10.9. The standard InChI is InChI=1S/C12H16N4O2S/c1-8-4-14-10(19-8)6-13-5-9-7-15(2)12(18)16(3)11(9)17/h4,7,13H,5-6H2,1-3H3. The first-order valence-corrected chi connectivity index (χ1v) is 6.68. The molecule has 0 aromatic carbocycles. The predicted molar refractivity (Wildman–Crippen MR) is 74.3 cm³/mol. The quantitative estimate of drug-likeness (QED) is 0.865. The maximum Gasteiger partial charge on any atom is 0.330 e. The Labute approximate surface area is 114 Å². The molecule has 0 radical (unpaired) electrons. The lowest BCUT2D eigenvalue weighted by atomic mass is 10.3. The summed E-state index contributed by atoms with van der Waals surface area (Å²) >= 11 is 1.62. The van der Waals surface area contributed by atoms with Crippen LogP contribution in [0.5, 0.6) is 0 Å². The number of thiazole rings is 1. The number of rotatable bonds is 4. The molecule has 0 spiro atoms. The van der Waals surface area contributed by atoms with E-state index in [4.69, 9.17) is 0 Å². The van der Waals surface area contributed by atoms with Crippen molar-refractivity contribution in [1.82, 2.24) is 19.4 Å². The highest BCUT2D eigenvalue weighted by Crippen LogP contribution is 2.10. The summed E-state index contributed by atoms with van der Waals surface area (Å²) in [6.07, 6.45) is 3.40. The van der Waals surface area contributed by atoms with Crippen LogP contribution in [0.25, 0.3) is 0 Å². The average Bonchev–Trinajstić information content (AvgIpc) is 2.79. The van der Waals surface area contributed by atoms with Gasteiger partial charge in [-0.1, -0.05) is 0 Å². The van der Waals surface area contributed by atoms with Gasteiger partial charge in [0.05, 0.1) is 0 Å². The van der Waals surface area contributed by atoms with Crippen molar-refractivity contribution in [2.75, 3.05) is 0 Å². The smallest absolute Gasteiger partial charge is 0.306 e. The van der Waals surface area contributed by atoms with Crippen LogP contribution in [0.1, 0.15) is 15.4 Å². The van der Waals surface area contributed by atoms with Crippen LogP contribution < -0.4 is 16.6 Å². The summed E-state index contributed by atoms with van der Waals surface area (Å²) in [4.78, 5) is 28.8. The zero-order valence-electron chi connectivity index (χ0n) is 11.1. The second-order valence-corrected chi connectivity index (χ2v) is 5.70. The highest BCUT2D eigenvalue weighted by atomic mass is 32.1. The molecule has 0 fully saturated rings. The fourth-order valence-corrected chi connectivity index (χ4v) is 2.55. The highest BCUT2D eigenvalue weighted by Gasteiger charge is 2.06. The number of hydrogen-bond acceptors (Lipinski definition) is 5. The number of aromatic nitrogens is 3. The number of hydrogen-bond donors (Lipinski definition) is 1. The first-order valence-electron chi connectivity index (χ1n) is 5.86. The van der Waals surface area contributed by atoms with Gasteiger partial charge >= 0.3 is 5.69 Å². The third kappa shape index (κ3) is 2.99. The Kier molecular flexibility index (Phi) is 3.96. The van der Waals surface area contributed by atoms with E-state index in [-0.39, 0.29) is 11.2 Å². The zero-order chi connectivity index (χ0) is 14.0. The van der Waals surface area contributed by atoms with E-state index >= 15 is 0 Å². The molecular weight excluding hydrogens is 264 g/mol. The van der Waals surface area contributed by atoms with E-state index in [0.717, 1.165) is 14.5 Å². The minimum Gasteiger partial charge on any atom is -0.306 e. The van der Waals surface area contributed by atoms with E-state index in [1.54, 1.807) is 24.6 Å². The SMILES string of the molecule is Cc1cnc(CNCc2cn(C)c(=O)n(C)c2=O)s1. The lowest BCUT2D eigenvalue weighted by Crippen LogP contribution is -2.39. The van der Waals surface area contributed by atoms with Crippen LogP contribution in [0.2, 0.25) is 0 Å². The maximum absolute atomic E-state index is 11.9. The second kappa shape index (κ2) is 5.50. The first kappa shape index (κ1) is 13.7. The van der Waals surface area contributed by atoms with Crippen LogP contribution in [0.15, 0.2) is 22.0 Å². The lowest BCUT2D eigenvalue weighted by molar-refractivity contribution is 0.629. The molecule has 0 amide bonds. The molecule has 19 heavy (non-hydrogen) atoms. The molecule has 0 aliphatic rings. The maximum atomic E-state index is 11.9.